The lowest BCUT2D eigenvalue weighted by Crippen LogP contribution is -2.15. The molecular weight excluding hydrogens is 481 g/mol. The van der Waals surface area contributed by atoms with Gasteiger partial charge in [-0.25, -0.2) is 8.42 Å². The molecule has 0 atom stereocenters. The molecule has 3 aromatic carbocycles. The van der Waals surface area contributed by atoms with Gasteiger partial charge in [-0.05, 0) is 42.0 Å². The van der Waals surface area contributed by atoms with Crippen molar-refractivity contribution in [2.75, 3.05) is 30.2 Å². The molecule has 0 aliphatic rings. The lowest BCUT2D eigenvalue weighted by atomic mass is 10.1. The number of ether oxygens (including phenoxy) is 1. The highest BCUT2D eigenvalue weighted by Gasteiger charge is 2.21. The van der Waals surface area contributed by atoms with Gasteiger partial charge in [-0.1, -0.05) is 41.9 Å². The summed E-state index contributed by atoms with van der Waals surface area (Å²) in [6.07, 6.45) is 0. The van der Waals surface area contributed by atoms with Crippen molar-refractivity contribution in [2.45, 2.75) is 4.90 Å². The predicted molar refractivity (Wildman–Crippen MR) is 133 cm³/mol. The molecule has 0 amide bonds. The van der Waals surface area contributed by atoms with Crippen LogP contribution in [0.5, 0.6) is 5.75 Å². The molecule has 4 N–H and O–H groups in total. The highest BCUT2D eigenvalue weighted by atomic mass is 35.5. The maximum Gasteiger partial charge on any atom is 0.265 e. The fraction of sp³-hybridized carbons (Fsp3) is 0.143. The third-order valence-electron chi connectivity index (χ3n) is 4.23. The molecule has 168 valence electrons. The summed E-state index contributed by atoms with van der Waals surface area (Å²) >= 11 is 6.28. The van der Waals surface area contributed by atoms with Crippen molar-refractivity contribution < 1.29 is 13.2 Å². The minimum Gasteiger partial charge on any atom is -0.495 e. The quantitative estimate of drug-likeness (QED) is 0.400. The Balaban J connectivity index is 0.00000240. The predicted octanol–water partition coefficient (Wildman–Crippen LogP) is 5.03. The molecule has 31 heavy (non-hydrogen) atoms. The topological polar surface area (TPSA) is 93.5 Å². The van der Waals surface area contributed by atoms with E-state index in [0.717, 1.165) is 11.3 Å². The minimum absolute atomic E-state index is 0. The Kier molecular flexibility index (Phi) is 10.4. The first-order valence-electron chi connectivity index (χ1n) is 8.94. The highest BCUT2D eigenvalue weighted by molar-refractivity contribution is 7.92. The maximum absolute atomic E-state index is 13.1. The summed E-state index contributed by atoms with van der Waals surface area (Å²) in [6, 6.07) is 19.2. The molecule has 0 fully saturated rings. The summed E-state index contributed by atoms with van der Waals surface area (Å²) < 4.78 is 34.1. The average Bonchev–Trinajstić information content (AvgIpc) is 2.72. The first kappa shape index (κ1) is 26.9. The number of nitrogens with two attached hydrogens (primary N) is 1. The molecule has 0 saturated heterocycles. The number of benzene rings is 3. The SMILES string of the molecule is COc1ccc(-c2ccccc2Cl)cc1S(=O)(=O)Nc1cccc(NCCN)c1.Cl.Cl. The van der Waals surface area contributed by atoms with Gasteiger partial charge in [0.15, 0.2) is 0 Å². The lowest BCUT2D eigenvalue weighted by molar-refractivity contribution is 0.403. The van der Waals surface area contributed by atoms with Gasteiger partial charge in [-0.3, -0.25) is 4.72 Å². The number of halogens is 3. The van der Waals surface area contributed by atoms with E-state index in [-0.39, 0.29) is 35.5 Å². The van der Waals surface area contributed by atoms with Crippen LogP contribution in [-0.4, -0.2) is 28.6 Å². The van der Waals surface area contributed by atoms with E-state index >= 15 is 0 Å². The summed E-state index contributed by atoms with van der Waals surface area (Å²) in [4.78, 5) is 0.0257. The second kappa shape index (κ2) is 12.0. The van der Waals surface area contributed by atoms with E-state index in [9.17, 15) is 8.42 Å². The summed E-state index contributed by atoms with van der Waals surface area (Å²) in [5.41, 5.74) is 8.11. The van der Waals surface area contributed by atoms with Crippen molar-refractivity contribution in [1.82, 2.24) is 0 Å². The van der Waals surface area contributed by atoms with E-state index < -0.39 is 10.0 Å². The van der Waals surface area contributed by atoms with E-state index in [2.05, 4.69) is 10.0 Å². The van der Waals surface area contributed by atoms with Crippen LogP contribution in [-0.2, 0) is 10.0 Å². The Morgan fingerprint density at radius 2 is 1.68 bits per heavy atom. The normalized spacial score (nSPS) is 10.4. The number of anilines is 2. The van der Waals surface area contributed by atoms with Gasteiger partial charge in [0.1, 0.15) is 10.6 Å². The van der Waals surface area contributed by atoms with Crippen LogP contribution >= 0.6 is 36.4 Å². The standard InChI is InChI=1S/C21H22ClN3O3S.2ClH/c1-28-20-10-9-15(18-7-2-3-8-19(18)22)13-21(20)29(26,27)25-17-6-4-5-16(14-17)24-12-11-23;;/h2-10,13-14,24-25H,11-12,23H2,1H3;2*1H. The molecule has 6 nitrogen and oxygen atoms in total. The van der Waals surface area contributed by atoms with Crippen LogP contribution in [0.15, 0.2) is 71.6 Å². The molecule has 3 rings (SSSR count). The second-order valence-corrected chi connectivity index (χ2v) is 8.31. The van der Waals surface area contributed by atoms with Crippen LogP contribution in [0, 0.1) is 0 Å². The largest absolute Gasteiger partial charge is 0.495 e. The molecule has 0 heterocycles. The van der Waals surface area contributed by atoms with Gasteiger partial charge in [0.25, 0.3) is 10.0 Å². The van der Waals surface area contributed by atoms with Gasteiger partial charge in [0, 0.05) is 29.4 Å². The minimum atomic E-state index is -3.91. The second-order valence-electron chi connectivity index (χ2n) is 6.25. The number of hydrogen-bond acceptors (Lipinski definition) is 5. The van der Waals surface area contributed by atoms with Crippen molar-refractivity contribution in [3.8, 4) is 16.9 Å². The van der Waals surface area contributed by atoms with Crippen molar-refractivity contribution in [3.63, 3.8) is 0 Å². The van der Waals surface area contributed by atoms with Crippen molar-refractivity contribution in [1.29, 1.82) is 0 Å². The van der Waals surface area contributed by atoms with E-state index in [1.54, 1.807) is 42.5 Å². The van der Waals surface area contributed by atoms with E-state index in [1.807, 2.05) is 24.3 Å². The molecule has 0 bridgehead atoms. The number of nitrogens with one attached hydrogen (secondary N) is 2. The molecule has 0 aliphatic heterocycles. The van der Waals surface area contributed by atoms with Gasteiger partial charge >= 0.3 is 0 Å². The number of sulfonamides is 1. The summed E-state index contributed by atoms with van der Waals surface area (Å²) in [5, 5.41) is 3.66. The summed E-state index contributed by atoms with van der Waals surface area (Å²) in [6.45, 7) is 1.06. The highest BCUT2D eigenvalue weighted by Crippen LogP contribution is 2.34. The third-order valence-corrected chi connectivity index (χ3v) is 5.96. The van der Waals surface area contributed by atoms with E-state index in [1.165, 1.54) is 7.11 Å². The number of methoxy groups -OCH3 is 1. The van der Waals surface area contributed by atoms with Crippen LogP contribution in [0.25, 0.3) is 11.1 Å². The van der Waals surface area contributed by atoms with Crippen molar-refractivity contribution >= 4 is 57.8 Å². The zero-order valence-corrected chi connectivity index (χ0v) is 19.9. The molecule has 0 unspecified atom stereocenters. The van der Waals surface area contributed by atoms with Crippen molar-refractivity contribution in [2.24, 2.45) is 5.73 Å². The summed E-state index contributed by atoms with van der Waals surface area (Å²) in [7, 11) is -2.48. The fourth-order valence-corrected chi connectivity index (χ4v) is 4.36. The van der Waals surface area contributed by atoms with Gasteiger partial charge in [0.05, 0.1) is 12.8 Å². The smallest absolute Gasteiger partial charge is 0.265 e. The van der Waals surface area contributed by atoms with Gasteiger partial charge in [0.2, 0.25) is 0 Å². The molecular formula is C21H24Cl3N3O3S. The molecule has 0 radical (unpaired) electrons. The monoisotopic (exact) mass is 503 g/mol. The number of rotatable bonds is 8. The Bertz CT molecular complexity index is 1110. The van der Waals surface area contributed by atoms with Crippen LogP contribution in [0.4, 0.5) is 11.4 Å². The van der Waals surface area contributed by atoms with Gasteiger partial charge in [-0.15, -0.1) is 24.8 Å². The lowest BCUT2D eigenvalue weighted by Gasteiger charge is -2.14. The molecule has 0 saturated carbocycles. The Labute approximate surface area is 200 Å². The molecule has 3 aromatic rings. The van der Waals surface area contributed by atoms with Gasteiger partial charge < -0.3 is 15.8 Å². The van der Waals surface area contributed by atoms with E-state index in [4.69, 9.17) is 22.1 Å². The Hall–Kier alpha value is -2.16. The zero-order valence-electron chi connectivity index (χ0n) is 16.7. The van der Waals surface area contributed by atoms with E-state index in [0.29, 0.717) is 29.4 Å². The third kappa shape index (κ3) is 6.66. The van der Waals surface area contributed by atoms with Crippen molar-refractivity contribution in [3.05, 3.63) is 71.8 Å². The summed E-state index contributed by atoms with van der Waals surface area (Å²) in [5.74, 6) is 0.241. The molecule has 0 aliphatic carbocycles. The fourth-order valence-electron chi connectivity index (χ4n) is 2.87. The Morgan fingerprint density at radius 1 is 0.968 bits per heavy atom. The zero-order chi connectivity index (χ0) is 20.9. The van der Waals surface area contributed by atoms with Crippen LogP contribution in [0.2, 0.25) is 5.02 Å². The first-order chi connectivity index (χ1) is 13.9. The molecule has 0 spiro atoms. The van der Waals surface area contributed by atoms with Crippen LogP contribution < -0.4 is 20.5 Å². The average molecular weight is 505 g/mol. The first-order valence-corrected chi connectivity index (χ1v) is 10.8. The Morgan fingerprint density at radius 3 is 2.35 bits per heavy atom. The van der Waals surface area contributed by atoms with Crippen LogP contribution in [0.1, 0.15) is 0 Å². The van der Waals surface area contributed by atoms with Gasteiger partial charge in [-0.2, -0.15) is 0 Å². The molecule has 10 heteroatoms. The maximum atomic E-state index is 13.1. The number of hydrogen-bond donors (Lipinski definition) is 3. The molecule has 0 aromatic heterocycles. The van der Waals surface area contributed by atoms with Crippen LogP contribution in [0.3, 0.4) is 0 Å².